The van der Waals surface area contributed by atoms with E-state index >= 15 is 0 Å². The summed E-state index contributed by atoms with van der Waals surface area (Å²) in [6.07, 6.45) is -1.03. The van der Waals surface area contributed by atoms with Gasteiger partial charge in [0, 0.05) is 13.8 Å². The Balaban J connectivity index is 3.06. The van der Waals surface area contributed by atoms with Crippen LogP contribution in [0.4, 0.5) is 9.59 Å². The van der Waals surface area contributed by atoms with Crippen LogP contribution in [-0.4, -0.2) is 51.7 Å². The number of amides is 4. The Morgan fingerprint density at radius 3 is 2.24 bits per heavy atom. The van der Waals surface area contributed by atoms with Crippen molar-refractivity contribution in [1.82, 2.24) is 15.4 Å². The molecule has 1 aliphatic heterocycles. The number of imide groups is 1. The minimum absolute atomic E-state index is 0.0470. The lowest BCUT2D eigenvalue weighted by atomic mass is 10.2. The van der Waals surface area contributed by atoms with Gasteiger partial charge in [-0.1, -0.05) is 0 Å². The average molecular weight is 298 g/mol. The number of carbonyl (C=O) groups is 4. The first-order chi connectivity index (χ1) is 9.51. The number of ether oxygens (including phenoxy) is 1. The number of rotatable bonds is 2. The van der Waals surface area contributed by atoms with Crippen LogP contribution in [0.2, 0.25) is 0 Å². The Bertz CT molecular complexity index is 520. The summed E-state index contributed by atoms with van der Waals surface area (Å²) in [5.74, 6) is -0.941. The average Bonchev–Trinajstić information content (AvgIpc) is 2.28. The minimum atomic E-state index is -1.03. The molecule has 0 saturated heterocycles. The normalized spacial score (nSPS) is 15.5. The van der Waals surface area contributed by atoms with Crippen LogP contribution in [0.1, 0.15) is 34.6 Å². The molecule has 0 fully saturated rings. The van der Waals surface area contributed by atoms with Gasteiger partial charge in [-0.2, -0.15) is 5.10 Å². The van der Waals surface area contributed by atoms with Crippen LogP contribution < -0.4 is 5.43 Å². The number of hydrazine groups is 1. The Morgan fingerprint density at radius 2 is 1.81 bits per heavy atom. The highest BCUT2D eigenvalue weighted by Crippen LogP contribution is 2.14. The van der Waals surface area contributed by atoms with Gasteiger partial charge in [0.1, 0.15) is 11.3 Å². The maximum absolute atomic E-state index is 12.1. The summed E-state index contributed by atoms with van der Waals surface area (Å²) in [7, 11) is 0. The summed E-state index contributed by atoms with van der Waals surface area (Å²) in [5.41, 5.74) is 1.35. The van der Waals surface area contributed by atoms with E-state index < -0.39 is 29.4 Å². The number of ketones is 1. The molecule has 0 radical (unpaired) electrons. The van der Waals surface area contributed by atoms with Crippen molar-refractivity contribution in [2.24, 2.45) is 5.10 Å². The fourth-order valence-corrected chi connectivity index (χ4v) is 1.41. The number of hydrazone groups is 1. The van der Waals surface area contributed by atoms with Crippen LogP contribution >= 0.6 is 0 Å². The third kappa shape index (κ3) is 4.55. The Hall–Kier alpha value is -2.45. The predicted molar refractivity (Wildman–Crippen MR) is 72.1 cm³/mol. The van der Waals surface area contributed by atoms with Crippen LogP contribution in [-0.2, 0) is 14.3 Å². The SMILES string of the molecule is CC(=O)NN1CC(C(C)=O)=NN(C(=O)OC(C)(C)C)C1=O. The van der Waals surface area contributed by atoms with Crippen LogP contribution in [0.15, 0.2) is 5.10 Å². The van der Waals surface area contributed by atoms with E-state index in [1.807, 2.05) is 0 Å². The highest BCUT2D eigenvalue weighted by molar-refractivity contribution is 6.40. The molecule has 0 spiro atoms. The first-order valence-electron chi connectivity index (χ1n) is 6.21. The van der Waals surface area contributed by atoms with Gasteiger partial charge in [-0.05, 0) is 20.8 Å². The first kappa shape index (κ1) is 16.6. The largest absolute Gasteiger partial charge is 0.442 e. The summed E-state index contributed by atoms with van der Waals surface area (Å²) in [5, 5.41) is 4.93. The molecule has 0 aromatic heterocycles. The van der Waals surface area contributed by atoms with E-state index in [9.17, 15) is 19.2 Å². The molecule has 21 heavy (non-hydrogen) atoms. The molecule has 1 aliphatic rings. The van der Waals surface area contributed by atoms with Gasteiger partial charge in [-0.3, -0.25) is 15.0 Å². The van der Waals surface area contributed by atoms with Crippen LogP contribution in [0.3, 0.4) is 0 Å². The molecule has 1 rings (SSSR count). The molecule has 0 unspecified atom stereocenters. The second-order valence-electron chi connectivity index (χ2n) is 5.43. The zero-order chi connectivity index (χ0) is 16.4. The van der Waals surface area contributed by atoms with E-state index in [1.165, 1.54) is 13.8 Å². The molecule has 0 aliphatic carbocycles. The van der Waals surface area contributed by atoms with Gasteiger partial charge in [-0.25, -0.2) is 14.6 Å². The van der Waals surface area contributed by atoms with Gasteiger partial charge in [0.05, 0.1) is 6.54 Å². The molecule has 9 heteroatoms. The van der Waals surface area contributed by atoms with E-state index in [0.717, 1.165) is 5.01 Å². The van der Waals surface area contributed by atoms with E-state index in [-0.39, 0.29) is 12.3 Å². The summed E-state index contributed by atoms with van der Waals surface area (Å²) in [6, 6.07) is -0.899. The van der Waals surface area contributed by atoms with E-state index in [2.05, 4.69) is 10.5 Å². The lowest BCUT2D eigenvalue weighted by Gasteiger charge is -2.31. The van der Waals surface area contributed by atoms with Gasteiger partial charge in [-0.15, -0.1) is 5.01 Å². The summed E-state index contributed by atoms with van der Waals surface area (Å²) in [4.78, 5) is 46.5. The molecule has 116 valence electrons. The lowest BCUT2D eigenvalue weighted by molar-refractivity contribution is -0.123. The maximum Gasteiger partial charge on any atom is 0.439 e. The number of carbonyl (C=O) groups excluding carboxylic acids is 4. The molecule has 0 atom stereocenters. The van der Waals surface area contributed by atoms with Gasteiger partial charge >= 0.3 is 12.1 Å². The summed E-state index contributed by atoms with van der Waals surface area (Å²) < 4.78 is 5.04. The molecule has 0 bridgehead atoms. The second-order valence-corrected chi connectivity index (χ2v) is 5.43. The number of Topliss-reactive ketones (excluding diaryl/α,β-unsaturated/α-hetero) is 1. The second kappa shape index (κ2) is 5.90. The zero-order valence-corrected chi connectivity index (χ0v) is 12.6. The Morgan fingerprint density at radius 1 is 1.24 bits per heavy atom. The smallest absolute Gasteiger partial charge is 0.439 e. The quantitative estimate of drug-likeness (QED) is 0.805. The molecular weight excluding hydrogens is 280 g/mol. The standard InChI is InChI=1S/C12H18N4O5/c1-7(17)9-6-15(13-8(2)18)10(19)16(14-9)11(20)21-12(3,4)5/h6H2,1-5H3,(H,13,18). The molecule has 0 aromatic carbocycles. The van der Waals surface area contributed by atoms with Crippen molar-refractivity contribution in [3.05, 3.63) is 0 Å². The third-order valence-electron chi connectivity index (χ3n) is 2.21. The third-order valence-corrected chi connectivity index (χ3v) is 2.21. The summed E-state index contributed by atoms with van der Waals surface area (Å²) in [6.45, 7) is 7.10. The first-order valence-corrected chi connectivity index (χ1v) is 6.21. The minimum Gasteiger partial charge on any atom is -0.442 e. The Kier molecular flexibility index (Phi) is 4.66. The number of nitrogens with one attached hydrogen (secondary N) is 1. The molecule has 1 N–H and O–H groups in total. The number of urea groups is 1. The molecular formula is C12H18N4O5. The molecule has 0 aromatic rings. The predicted octanol–water partition coefficient (Wildman–Crippen LogP) is 0.655. The number of nitrogens with zero attached hydrogens (tertiary/aromatic N) is 3. The van der Waals surface area contributed by atoms with E-state index in [4.69, 9.17) is 4.74 Å². The van der Waals surface area contributed by atoms with Crippen LogP contribution in [0.5, 0.6) is 0 Å². The molecule has 4 amide bonds. The van der Waals surface area contributed by atoms with E-state index in [1.54, 1.807) is 20.8 Å². The van der Waals surface area contributed by atoms with Crippen molar-refractivity contribution < 1.29 is 23.9 Å². The van der Waals surface area contributed by atoms with Crippen molar-refractivity contribution in [3.8, 4) is 0 Å². The van der Waals surface area contributed by atoms with Crippen molar-refractivity contribution in [1.29, 1.82) is 0 Å². The maximum atomic E-state index is 12.1. The molecule has 0 saturated carbocycles. The highest BCUT2D eigenvalue weighted by atomic mass is 16.6. The number of hydrogen-bond donors (Lipinski definition) is 1. The number of hydrogen-bond acceptors (Lipinski definition) is 6. The Labute approximate surface area is 121 Å². The van der Waals surface area contributed by atoms with Crippen molar-refractivity contribution in [3.63, 3.8) is 0 Å². The van der Waals surface area contributed by atoms with Gasteiger partial charge < -0.3 is 4.74 Å². The summed E-state index contributed by atoms with van der Waals surface area (Å²) >= 11 is 0. The van der Waals surface area contributed by atoms with Crippen LogP contribution in [0, 0.1) is 0 Å². The van der Waals surface area contributed by atoms with Gasteiger partial charge in [0.2, 0.25) is 5.91 Å². The lowest BCUT2D eigenvalue weighted by Crippen LogP contribution is -2.58. The van der Waals surface area contributed by atoms with Gasteiger partial charge in [0.25, 0.3) is 0 Å². The highest BCUT2D eigenvalue weighted by Gasteiger charge is 2.36. The molecule has 1 heterocycles. The van der Waals surface area contributed by atoms with Crippen molar-refractivity contribution >= 4 is 29.5 Å². The fourth-order valence-electron chi connectivity index (χ4n) is 1.41. The fraction of sp³-hybridized carbons (Fsp3) is 0.583. The topological polar surface area (TPSA) is 108 Å². The monoisotopic (exact) mass is 298 g/mol. The molecule has 9 nitrogen and oxygen atoms in total. The van der Waals surface area contributed by atoms with Crippen LogP contribution in [0.25, 0.3) is 0 Å². The van der Waals surface area contributed by atoms with Crippen molar-refractivity contribution in [2.45, 2.75) is 40.2 Å². The van der Waals surface area contributed by atoms with Crippen molar-refractivity contribution in [2.75, 3.05) is 6.54 Å². The van der Waals surface area contributed by atoms with Gasteiger partial charge in [0.15, 0.2) is 5.78 Å². The van der Waals surface area contributed by atoms with E-state index in [0.29, 0.717) is 5.01 Å². The zero-order valence-electron chi connectivity index (χ0n) is 12.6.